The molecule has 19 heavy (non-hydrogen) atoms. The van der Waals surface area contributed by atoms with Crippen molar-refractivity contribution in [2.75, 3.05) is 0 Å². The Hall–Kier alpha value is -2.39. The molecule has 0 radical (unpaired) electrons. The lowest BCUT2D eigenvalue weighted by Crippen LogP contribution is -1.92. The summed E-state index contributed by atoms with van der Waals surface area (Å²) in [6.45, 7) is -0.0866. The van der Waals surface area contributed by atoms with E-state index in [0.717, 1.165) is 11.1 Å². The molecule has 3 rings (SSSR count). The van der Waals surface area contributed by atoms with Gasteiger partial charge in [-0.2, -0.15) is 0 Å². The van der Waals surface area contributed by atoms with E-state index in [0.29, 0.717) is 11.3 Å². The minimum absolute atomic E-state index is 0.0866. The number of benzene rings is 2. The third-order valence-corrected chi connectivity index (χ3v) is 2.98. The van der Waals surface area contributed by atoms with Gasteiger partial charge in [0.2, 0.25) is 0 Å². The maximum atomic E-state index is 9.25. The lowest BCUT2D eigenvalue weighted by atomic mass is 10.1. The molecule has 0 amide bonds. The molecule has 0 atom stereocenters. The Labute approximate surface area is 111 Å². The van der Waals surface area contributed by atoms with Crippen LogP contribution in [0.2, 0.25) is 0 Å². The number of hydrogen-bond donors (Lipinski definition) is 1. The summed E-state index contributed by atoms with van der Waals surface area (Å²) in [5, 5.41) is 11.5. The van der Waals surface area contributed by atoms with Crippen molar-refractivity contribution >= 4 is 10.8 Å². The van der Waals surface area contributed by atoms with Gasteiger partial charge in [0.25, 0.3) is 0 Å². The van der Waals surface area contributed by atoms with Crippen LogP contribution in [0.1, 0.15) is 5.56 Å². The number of pyridine rings is 1. The fourth-order valence-corrected chi connectivity index (χ4v) is 1.99. The van der Waals surface area contributed by atoms with Crippen LogP contribution >= 0.6 is 0 Å². The quantitative estimate of drug-likeness (QED) is 0.774. The topological polar surface area (TPSA) is 42.4 Å². The van der Waals surface area contributed by atoms with Gasteiger partial charge in [0.1, 0.15) is 11.5 Å². The smallest absolute Gasteiger partial charge is 0.136 e. The largest absolute Gasteiger partial charge is 0.457 e. The van der Waals surface area contributed by atoms with Crippen LogP contribution in [0.3, 0.4) is 0 Å². The molecule has 2 aromatic carbocycles. The fourth-order valence-electron chi connectivity index (χ4n) is 1.99. The molecule has 0 unspecified atom stereocenters. The fraction of sp³-hybridized carbons (Fsp3) is 0.0625. The van der Waals surface area contributed by atoms with Crippen molar-refractivity contribution in [1.82, 2.24) is 4.98 Å². The van der Waals surface area contributed by atoms with E-state index in [2.05, 4.69) is 11.1 Å². The molecule has 1 aromatic heterocycles. The predicted molar refractivity (Wildman–Crippen MR) is 74.2 cm³/mol. The molecule has 3 nitrogen and oxygen atoms in total. The normalized spacial score (nSPS) is 10.6. The van der Waals surface area contributed by atoms with Gasteiger partial charge in [0.15, 0.2) is 0 Å². The molecule has 1 heterocycles. The standard InChI is InChI=1S/C16H13NO2/c18-11-14-10-17-8-7-16(14)19-15-6-5-12-3-1-2-4-13(12)9-15/h1-10,18H,11H2. The number of aliphatic hydroxyl groups is 1. The molecule has 0 spiro atoms. The van der Waals surface area contributed by atoms with Gasteiger partial charge >= 0.3 is 0 Å². The second-order valence-corrected chi connectivity index (χ2v) is 4.25. The number of nitrogens with zero attached hydrogens (tertiary/aromatic N) is 1. The molecular formula is C16H13NO2. The highest BCUT2D eigenvalue weighted by atomic mass is 16.5. The van der Waals surface area contributed by atoms with E-state index in [4.69, 9.17) is 4.74 Å². The Morgan fingerprint density at radius 3 is 2.68 bits per heavy atom. The molecule has 0 saturated carbocycles. The molecular weight excluding hydrogens is 238 g/mol. The number of rotatable bonds is 3. The first-order valence-electron chi connectivity index (χ1n) is 6.07. The summed E-state index contributed by atoms with van der Waals surface area (Å²) < 4.78 is 5.81. The summed E-state index contributed by atoms with van der Waals surface area (Å²) in [7, 11) is 0. The molecule has 0 aliphatic rings. The van der Waals surface area contributed by atoms with Crippen LogP contribution in [0.5, 0.6) is 11.5 Å². The van der Waals surface area contributed by atoms with Crippen molar-refractivity contribution < 1.29 is 9.84 Å². The molecule has 0 bridgehead atoms. The van der Waals surface area contributed by atoms with Crippen molar-refractivity contribution in [1.29, 1.82) is 0 Å². The zero-order valence-corrected chi connectivity index (χ0v) is 10.3. The maximum Gasteiger partial charge on any atom is 0.136 e. The Kier molecular flexibility index (Phi) is 3.12. The van der Waals surface area contributed by atoms with Crippen LogP contribution in [0.4, 0.5) is 0 Å². The van der Waals surface area contributed by atoms with Crippen molar-refractivity contribution in [3.8, 4) is 11.5 Å². The van der Waals surface area contributed by atoms with Crippen molar-refractivity contribution in [2.45, 2.75) is 6.61 Å². The minimum atomic E-state index is -0.0866. The summed E-state index contributed by atoms with van der Waals surface area (Å²) in [5.41, 5.74) is 0.677. The van der Waals surface area contributed by atoms with Crippen molar-refractivity contribution in [3.63, 3.8) is 0 Å². The average Bonchev–Trinajstić information content (AvgIpc) is 2.48. The zero-order chi connectivity index (χ0) is 13.1. The lowest BCUT2D eigenvalue weighted by molar-refractivity contribution is 0.276. The summed E-state index contributed by atoms with van der Waals surface area (Å²) in [5.74, 6) is 1.38. The predicted octanol–water partition coefficient (Wildman–Crippen LogP) is 3.52. The maximum absolute atomic E-state index is 9.25. The average molecular weight is 251 g/mol. The van der Waals surface area contributed by atoms with E-state index in [-0.39, 0.29) is 6.61 Å². The Balaban J connectivity index is 1.96. The van der Waals surface area contributed by atoms with Crippen LogP contribution in [0.15, 0.2) is 60.9 Å². The second-order valence-electron chi connectivity index (χ2n) is 4.25. The van der Waals surface area contributed by atoms with E-state index >= 15 is 0 Å². The molecule has 3 aromatic rings. The summed E-state index contributed by atoms with van der Waals surface area (Å²) in [6.07, 6.45) is 3.26. The number of fused-ring (bicyclic) bond motifs is 1. The van der Waals surface area contributed by atoms with E-state index in [1.54, 1.807) is 18.5 Å². The van der Waals surface area contributed by atoms with Gasteiger partial charge in [0, 0.05) is 18.0 Å². The number of ether oxygens (including phenoxy) is 1. The van der Waals surface area contributed by atoms with Crippen molar-refractivity contribution in [3.05, 3.63) is 66.5 Å². The van der Waals surface area contributed by atoms with E-state index in [1.165, 1.54) is 5.39 Å². The van der Waals surface area contributed by atoms with Crippen LogP contribution in [-0.4, -0.2) is 10.1 Å². The summed E-state index contributed by atoms with van der Waals surface area (Å²) >= 11 is 0. The van der Waals surface area contributed by atoms with Gasteiger partial charge < -0.3 is 9.84 Å². The number of hydrogen-bond acceptors (Lipinski definition) is 3. The third-order valence-electron chi connectivity index (χ3n) is 2.98. The Morgan fingerprint density at radius 1 is 1.00 bits per heavy atom. The molecule has 94 valence electrons. The Bertz CT molecular complexity index is 710. The van der Waals surface area contributed by atoms with Crippen LogP contribution in [-0.2, 0) is 6.61 Å². The van der Waals surface area contributed by atoms with Gasteiger partial charge in [-0.05, 0) is 29.0 Å². The molecule has 0 aliphatic heterocycles. The highest BCUT2D eigenvalue weighted by Gasteiger charge is 2.04. The van der Waals surface area contributed by atoms with Gasteiger partial charge in [-0.1, -0.05) is 30.3 Å². The van der Waals surface area contributed by atoms with E-state index < -0.39 is 0 Å². The first-order valence-corrected chi connectivity index (χ1v) is 6.07. The van der Waals surface area contributed by atoms with Gasteiger partial charge in [-0.3, -0.25) is 4.98 Å². The zero-order valence-electron chi connectivity index (χ0n) is 10.3. The molecule has 0 aliphatic carbocycles. The number of aliphatic hydroxyl groups excluding tert-OH is 1. The highest BCUT2D eigenvalue weighted by molar-refractivity contribution is 5.83. The van der Waals surface area contributed by atoms with E-state index in [1.807, 2.05) is 36.4 Å². The lowest BCUT2D eigenvalue weighted by Gasteiger charge is -2.09. The highest BCUT2D eigenvalue weighted by Crippen LogP contribution is 2.27. The SMILES string of the molecule is OCc1cnccc1Oc1ccc2ccccc2c1. The van der Waals surface area contributed by atoms with Crippen LogP contribution < -0.4 is 4.74 Å². The molecule has 0 fully saturated rings. The van der Waals surface area contributed by atoms with E-state index in [9.17, 15) is 5.11 Å². The van der Waals surface area contributed by atoms with Gasteiger partial charge in [-0.15, -0.1) is 0 Å². The van der Waals surface area contributed by atoms with Crippen LogP contribution in [0.25, 0.3) is 10.8 Å². The minimum Gasteiger partial charge on any atom is -0.457 e. The summed E-state index contributed by atoms with van der Waals surface area (Å²) in [6, 6.07) is 15.8. The number of aromatic nitrogens is 1. The first-order chi connectivity index (χ1) is 9.36. The monoisotopic (exact) mass is 251 g/mol. The first kappa shape index (κ1) is 11.7. The molecule has 0 saturated heterocycles. The van der Waals surface area contributed by atoms with Gasteiger partial charge in [-0.25, -0.2) is 0 Å². The molecule has 1 N–H and O–H groups in total. The van der Waals surface area contributed by atoms with Crippen molar-refractivity contribution in [2.24, 2.45) is 0 Å². The molecule has 3 heteroatoms. The third kappa shape index (κ3) is 2.41. The van der Waals surface area contributed by atoms with Crippen LogP contribution in [0, 0.1) is 0 Å². The van der Waals surface area contributed by atoms with Gasteiger partial charge in [0.05, 0.1) is 6.61 Å². The second kappa shape index (κ2) is 5.08. The Morgan fingerprint density at radius 2 is 1.84 bits per heavy atom. The summed E-state index contributed by atoms with van der Waals surface area (Å²) in [4.78, 5) is 3.97.